The predicted molar refractivity (Wildman–Crippen MR) is 73.4 cm³/mol. The van der Waals surface area contributed by atoms with E-state index in [9.17, 15) is 4.79 Å². The summed E-state index contributed by atoms with van der Waals surface area (Å²) in [5.74, 6) is 2.06. The molecule has 1 spiro atoms. The molecule has 2 atom stereocenters. The number of hydrogen-bond acceptors (Lipinski definition) is 2. The van der Waals surface area contributed by atoms with Crippen LogP contribution in [0.5, 0.6) is 0 Å². The normalized spacial score (nSPS) is 34.4. The number of rotatable bonds is 2. The quantitative estimate of drug-likeness (QED) is 0.789. The topological polar surface area (TPSA) is 53.5 Å². The van der Waals surface area contributed by atoms with Gasteiger partial charge in [-0.25, -0.2) is 0 Å². The van der Waals surface area contributed by atoms with E-state index in [2.05, 4.69) is 29.5 Å². The first-order chi connectivity index (χ1) is 8.43. The Morgan fingerprint density at radius 3 is 2.67 bits per heavy atom. The number of aliphatic imine (C=N–C) groups is 1. The van der Waals surface area contributed by atoms with Crippen LogP contribution in [0.3, 0.4) is 0 Å². The van der Waals surface area contributed by atoms with Crippen molar-refractivity contribution in [3.8, 4) is 0 Å². The summed E-state index contributed by atoms with van der Waals surface area (Å²) >= 11 is 0. The van der Waals surface area contributed by atoms with Gasteiger partial charge in [0.2, 0.25) is 0 Å². The van der Waals surface area contributed by atoms with Gasteiger partial charge in [0.15, 0.2) is 5.96 Å². The molecule has 2 unspecified atom stereocenters. The van der Waals surface area contributed by atoms with Crippen LogP contribution in [0.4, 0.5) is 0 Å². The van der Waals surface area contributed by atoms with Crippen LogP contribution in [0.15, 0.2) is 4.99 Å². The van der Waals surface area contributed by atoms with Crippen molar-refractivity contribution in [2.75, 3.05) is 0 Å². The van der Waals surface area contributed by atoms with Crippen molar-refractivity contribution in [1.82, 2.24) is 10.6 Å². The Morgan fingerprint density at radius 2 is 2.06 bits per heavy atom. The first kappa shape index (κ1) is 13.4. The molecule has 0 aromatic rings. The summed E-state index contributed by atoms with van der Waals surface area (Å²) in [6, 6.07) is 0.201. The Bertz CT molecular complexity index is 362. The van der Waals surface area contributed by atoms with Crippen LogP contribution in [0, 0.1) is 11.8 Å². The first-order valence-electron chi connectivity index (χ1n) is 7.10. The lowest BCUT2D eigenvalue weighted by Gasteiger charge is -2.37. The zero-order chi connectivity index (χ0) is 13.3. The maximum atomic E-state index is 12.3. The highest BCUT2D eigenvalue weighted by Crippen LogP contribution is 2.37. The molecule has 0 bridgehead atoms. The molecule has 1 amide bonds. The van der Waals surface area contributed by atoms with Crippen LogP contribution in [-0.4, -0.2) is 23.4 Å². The summed E-state index contributed by atoms with van der Waals surface area (Å²) < 4.78 is 0. The molecule has 102 valence electrons. The number of amides is 1. The molecule has 2 rings (SSSR count). The summed E-state index contributed by atoms with van der Waals surface area (Å²) in [4.78, 5) is 16.7. The second kappa shape index (κ2) is 4.90. The van der Waals surface area contributed by atoms with E-state index in [-0.39, 0.29) is 17.5 Å². The average Bonchev–Trinajstić information content (AvgIpc) is 2.54. The van der Waals surface area contributed by atoms with E-state index in [0.29, 0.717) is 17.8 Å². The molecule has 1 aliphatic carbocycles. The molecule has 2 N–H and O–H groups in total. The van der Waals surface area contributed by atoms with Gasteiger partial charge < -0.3 is 5.32 Å². The predicted octanol–water partition coefficient (Wildman–Crippen LogP) is 2.06. The highest BCUT2D eigenvalue weighted by atomic mass is 16.2. The molecular weight excluding hydrogens is 226 g/mol. The highest BCUT2D eigenvalue weighted by molar-refractivity contribution is 6.09. The third kappa shape index (κ3) is 2.52. The van der Waals surface area contributed by atoms with Gasteiger partial charge in [-0.15, -0.1) is 0 Å². The van der Waals surface area contributed by atoms with E-state index >= 15 is 0 Å². The van der Waals surface area contributed by atoms with Crippen LogP contribution in [0.1, 0.15) is 53.4 Å². The fourth-order valence-electron chi connectivity index (χ4n) is 3.07. The number of guanidine groups is 1. The number of carbonyl (C=O) groups is 1. The molecule has 2 aliphatic rings. The van der Waals surface area contributed by atoms with Crippen molar-refractivity contribution in [1.29, 1.82) is 0 Å². The average molecular weight is 251 g/mol. The van der Waals surface area contributed by atoms with Crippen molar-refractivity contribution >= 4 is 11.9 Å². The molecule has 1 heterocycles. The van der Waals surface area contributed by atoms with Gasteiger partial charge in [-0.2, -0.15) is 0 Å². The molecule has 4 nitrogen and oxygen atoms in total. The Labute approximate surface area is 110 Å². The maximum absolute atomic E-state index is 12.3. The Morgan fingerprint density at radius 1 is 1.33 bits per heavy atom. The van der Waals surface area contributed by atoms with Crippen molar-refractivity contribution in [3.63, 3.8) is 0 Å². The van der Waals surface area contributed by atoms with Crippen LogP contribution >= 0.6 is 0 Å². The summed E-state index contributed by atoms with van der Waals surface area (Å²) in [5, 5.41) is 6.27. The second-order valence-corrected chi connectivity index (χ2v) is 6.33. The largest absolute Gasteiger partial charge is 0.342 e. The van der Waals surface area contributed by atoms with E-state index in [1.54, 1.807) is 0 Å². The third-order valence-corrected chi connectivity index (χ3v) is 4.14. The van der Waals surface area contributed by atoms with Crippen molar-refractivity contribution < 1.29 is 4.79 Å². The minimum atomic E-state index is -0.388. The molecule has 0 aromatic carbocycles. The van der Waals surface area contributed by atoms with Crippen molar-refractivity contribution in [2.45, 2.75) is 65.0 Å². The Balaban J connectivity index is 2.14. The van der Waals surface area contributed by atoms with Crippen LogP contribution in [-0.2, 0) is 4.79 Å². The second-order valence-electron chi connectivity index (χ2n) is 6.33. The fourth-order valence-corrected chi connectivity index (χ4v) is 3.07. The molecule has 2 fully saturated rings. The SMILES string of the molecule is CC(C)N=C1NC(=O)C2(CCCC(C(C)C)C2)N1. The molecule has 0 radical (unpaired) electrons. The van der Waals surface area contributed by atoms with E-state index in [1.807, 2.05) is 13.8 Å². The van der Waals surface area contributed by atoms with Crippen LogP contribution in [0.25, 0.3) is 0 Å². The number of nitrogens with zero attached hydrogens (tertiary/aromatic N) is 1. The van der Waals surface area contributed by atoms with Gasteiger partial charge in [-0.05, 0) is 44.9 Å². The molecule has 0 aromatic heterocycles. The molecule has 18 heavy (non-hydrogen) atoms. The lowest BCUT2D eigenvalue weighted by molar-refractivity contribution is -0.125. The minimum Gasteiger partial charge on any atom is -0.342 e. The summed E-state index contributed by atoms with van der Waals surface area (Å²) in [6.45, 7) is 8.53. The van der Waals surface area contributed by atoms with Crippen molar-refractivity contribution in [3.05, 3.63) is 0 Å². The molecule has 1 saturated carbocycles. The molecule has 1 aliphatic heterocycles. The van der Waals surface area contributed by atoms with Gasteiger partial charge in [0, 0.05) is 6.04 Å². The Kier molecular flexibility index (Phi) is 3.64. The number of nitrogens with one attached hydrogen (secondary N) is 2. The van der Waals surface area contributed by atoms with Gasteiger partial charge in [-0.1, -0.05) is 20.3 Å². The van der Waals surface area contributed by atoms with Gasteiger partial charge in [0.1, 0.15) is 5.54 Å². The van der Waals surface area contributed by atoms with E-state index in [4.69, 9.17) is 0 Å². The zero-order valence-electron chi connectivity index (χ0n) is 11.9. The van der Waals surface area contributed by atoms with Gasteiger partial charge in [-0.3, -0.25) is 15.1 Å². The minimum absolute atomic E-state index is 0.118. The fraction of sp³-hybridized carbons (Fsp3) is 0.857. The van der Waals surface area contributed by atoms with Crippen LogP contribution in [0.2, 0.25) is 0 Å². The summed E-state index contributed by atoms with van der Waals surface area (Å²) in [6.07, 6.45) is 4.23. The lowest BCUT2D eigenvalue weighted by Crippen LogP contribution is -2.51. The van der Waals surface area contributed by atoms with Crippen LogP contribution < -0.4 is 10.6 Å². The first-order valence-corrected chi connectivity index (χ1v) is 7.10. The zero-order valence-corrected chi connectivity index (χ0v) is 11.9. The monoisotopic (exact) mass is 251 g/mol. The lowest BCUT2D eigenvalue weighted by atomic mass is 9.72. The van der Waals surface area contributed by atoms with Crippen molar-refractivity contribution in [2.24, 2.45) is 16.8 Å². The molecule has 4 heteroatoms. The standard InChI is InChI=1S/C14H25N3O/c1-9(2)11-6-5-7-14(8-11)12(18)16-13(17-14)15-10(3)4/h9-11H,5-8H2,1-4H3,(H2,15,16,17,18). The van der Waals surface area contributed by atoms with Gasteiger partial charge in [0.05, 0.1) is 0 Å². The van der Waals surface area contributed by atoms with E-state index in [0.717, 1.165) is 19.3 Å². The summed E-state index contributed by atoms with van der Waals surface area (Å²) in [5.41, 5.74) is -0.388. The van der Waals surface area contributed by atoms with Gasteiger partial charge >= 0.3 is 0 Å². The summed E-state index contributed by atoms with van der Waals surface area (Å²) in [7, 11) is 0. The number of carbonyl (C=O) groups excluding carboxylic acids is 1. The van der Waals surface area contributed by atoms with E-state index < -0.39 is 0 Å². The van der Waals surface area contributed by atoms with Gasteiger partial charge in [0.25, 0.3) is 5.91 Å². The van der Waals surface area contributed by atoms with E-state index in [1.165, 1.54) is 6.42 Å². The molecule has 1 saturated heterocycles. The number of hydrogen-bond donors (Lipinski definition) is 2. The third-order valence-electron chi connectivity index (χ3n) is 4.14. The molecular formula is C14H25N3O. The Hall–Kier alpha value is -1.06. The maximum Gasteiger partial charge on any atom is 0.252 e. The highest BCUT2D eigenvalue weighted by Gasteiger charge is 2.48. The smallest absolute Gasteiger partial charge is 0.252 e.